The lowest BCUT2D eigenvalue weighted by Crippen LogP contribution is -2.31. The number of hydrogen-bond acceptors (Lipinski definition) is 5. The number of nitrogens with one attached hydrogen (secondary N) is 2. The predicted octanol–water partition coefficient (Wildman–Crippen LogP) is 1.81. The van der Waals surface area contributed by atoms with E-state index in [0.717, 1.165) is 24.3 Å². The van der Waals surface area contributed by atoms with Crippen LogP contribution in [0.25, 0.3) is 0 Å². The van der Waals surface area contributed by atoms with Crippen LogP contribution in [0.3, 0.4) is 0 Å². The zero-order chi connectivity index (χ0) is 12.7. The highest BCUT2D eigenvalue weighted by Crippen LogP contribution is 2.22. The van der Waals surface area contributed by atoms with Crippen LogP contribution in [-0.2, 0) is 0 Å². The van der Waals surface area contributed by atoms with Gasteiger partial charge in [-0.15, -0.1) is 12.4 Å². The molecule has 0 radical (unpaired) electrons. The minimum atomic E-state index is -0.496. The van der Waals surface area contributed by atoms with Crippen LogP contribution in [0.1, 0.15) is 23.7 Å². The molecule has 1 aromatic rings. The Morgan fingerprint density at radius 1 is 1.44 bits per heavy atom. The molecule has 0 bridgehead atoms. The summed E-state index contributed by atoms with van der Waals surface area (Å²) in [7, 11) is 0. The van der Waals surface area contributed by atoms with Gasteiger partial charge < -0.3 is 10.6 Å². The molecule has 1 rings (SSSR count). The Hall–Kier alpha value is -1.18. The smallest absolute Gasteiger partial charge is 0.324 e. The van der Waals surface area contributed by atoms with Gasteiger partial charge in [0, 0.05) is 24.5 Å². The lowest BCUT2D eigenvalue weighted by atomic mass is 10.3. The average molecular weight is 294 g/mol. The van der Waals surface area contributed by atoms with Crippen molar-refractivity contribution in [3.8, 4) is 0 Å². The van der Waals surface area contributed by atoms with Gasteiger partial charge in [-0.1, -0.05) is 18.3 Å². The molecule has 18 heavy (non-hydrogen) atoms. The van der Waals surface area contributed by atoms with Gasteiger partial charge in [0.1, 0.15) is 0 Å². The van der Waals surface area contributed by atoms with E-state index in [-0.39, 0.29) is 23.3 Å². The fourth-order valence-electron chi connectivity index (χ4n) is 1.21. The first-order chi connectivity index (χ1) is 8.15. The van der Waals surface area contributed by atoms with E-state index in [2.05, 4.69) is 17.6 Å². The van der Waals surface area contributed by atoms with Crippen molar-refractivity contribution in [3.05, 3.63) is 27.1 Å². The monoisotopic (exact) mass is 293 g/mol. The fraction of sp³-hybridized carbons (Fsp3) is 0.500. The number of rotatable bonds is 7. The van der Waals surface area contributed by atoms with Crippen molar-refractivity contribution in [3.63, 3.8) is 0 Å². The minimum Gasteiger partial charge on any atom is -0.351 e. The highest BCUT2D eigenvalue weighted by Gasteiger charge is 2.14. The van der Waals surface area contributed by atoms with Crippen molar-refractivity contribution in [2.75, 3.05) is 19.6 Å². The molecule has 0 aliphatic carbocycles. The van der Waals surface area contributed by atoms with Gasteiger partial charge in [0.25, 0.3) is 5.91 Å². The summed E-state index contributed by atoms with van der Waals surface area (Å²) in [6, 6.07) is 1.29. The fourth-order valence-corrected chi connectivity index (χ4v) is 1.91. The Labute approximate surface area is 115 Å². The predicted molar refractivity (Wildman–Crippen MR) is 73.7 cm³/mol. The largest absolute Gasteiger partial charge is 0.351 e. The summed E-state index contributed by atoms with van der Waals surface area (Å²) in [5.41, 5.74) is 0.345. The maximum absolute atomic E-state index is 11.6. The van der Waals surface area contributed by atoms with Gasteiger partial charge in [0.05, 0.1) is 10.5 Å². The number of carbonyl (C=O) groups is 1. The topological polar surface area (TPSA) is 84.3 Å². The molecule has 0 atom stereocenters. The standard InChI is InChI=1S/C10H15N3O3S.ClH/c1-2-3-11-4-5-12-10(14)8-6-9(13(15)16)17-7-8;/h6-7,11H,2-5H2,1H3,(H,12,14);1H. The first-order valence-corrected chi connectivity index (χ1v) is 6.25. The number of hydrogen-bond donors (Lipinski definition) is 2. The van der Waals surface area contributed by atoms with Crippen molar-refractivity contribution in [1.29, 1.82) is 0 Å². The zero-order valence-corrected chi connectivity index (χ0v) is 11.6. The quantitative estimate of drug-likeness (QED) is 0.456. The number of nitrogens with zero attached hydrogens (tertiary/aromatic N) is 1. The summed E-state index contributed by atoms with van der Waals surface area (Å²) in [6.07, 6.45) is 1.05. The Morgan fingerprint density at radius 3 is 2.72 bits per heavy atom. The molecular weight excluding hydrogens is 278 g/mol. The molecule has 0 saturated heterocycles. The summed E-state index contributed by atoms with van der Waals surface area (Å²) in [5.74, 6) is -0.271. The van der Waals surface area contributed by atoms with Gasteiger partial charge in [0.2, 0.25) is 0 Å². The average Bonchev–Trinajstić information content (AvgIpc) is 2.78. The number of amides is 1. The van der Waals surface area contributed by atoms with Gasteiger partial charge in [-0.25, -0.2) is 0 Å². The van der Waals surface area contributed by atoms with Crippen LogP contribution < -0.4 is 10.6 Å². The second-order valence-corrected chi connectivity index (χ2v) is 4.33. The Bertz CT molecular complexity index is 397. The number of halogens is 1. The van der Waals surface area contributed by atoms with E-state index in [0.29, 0.717) is 18.7 Å². The Kier molecular flexibility index (Phi) is 8.27. The van der Waals surface area contributed by atoms with Gasteiger partial charge in [-0.3, -0.25) is 14.9 Å². The zero-order valence-electron chi connectivity index (χ0n) is 9.97. The van der Waals surface area contributed by atoms with E-state index in [9.17, 15) is 14.9 Å². The number of thiophene rings is 1. The van der Waals surface area contributed by atoms with Crippen LogP contribution in [0.15, 0.2) is 11.4 Å². The normalized spacial score (nSPS) is 9.61. The molecule has 0 aliphatic heterocycles. The second kappa shape index (κ2) is 8.84. The third kappa shape index (κ3) is 5.44. The van der Waals surface area contributed by atoms with Crippen molar-refractivity contribution < 1.29 is 9.72 Å². The first kappa shape index (κ1) is 16.8. The van der Waals surface area contributed by atoms with E-state index in [1.807, 2.05) is 0 Å². The maximum atomic E-state index is 11.6. The molecule has 0 aromatic carbocycles. The van der Waals surface area contributed by atoms with E-state index < -0.39 is 4.92 Å². The van der Waals surface area contributed by atoms with Crippen molar-refractivity contribution in [1.82, 2.24) is 10.6 Å². The second-order valence-electron chi connectivity index (χ2n) is 3.44. The van der Waals surface area contributed by atoms with Crippen molar-refractivity contribution in [2.45, 2.75) is 13.3 Å². The van der Waals surface area contributed by atoms with Gasteiger partial charge in [-0.2, -0.15) is 0 Å². The van der Waals surface area contributed by atoms with Crippen LogP contribution in [0.5, 0.6) is 0 Å². The van der Waals surface area contributed by atoms with E-state index >= 15 is 0 Å². The number of carbonyl (C=O) groups excluding carboxylic acids is 1. The molecule has 0 saturated carbocycles. The Morgan fingerprint density at radius 2 is 2.17 bits per heavy atom. The SMILES string of the molecule is CCCNCCNC(=O)c1csc([N+](=O)[O-])c1.Cl. The van der Waals surface area contributed by atoms with Crippen LogP contribution in [-0.4, -0.2) is 30.5 Å². The summed E-state index contributed by atoms with van der Waals surface area (Å²) >= 11 is 0.958. The van der Waals surface area contributed by atoms with Gasteiger partial charge >= 0.3 is 5.00 Å². The molecule has 1 heterocycles. The highest BCUT2D eigenvalue weighted by molar-refractivity contribution is 7.13. The Balaban J connectivity index is 0.00000289. The first-order valence-electron chi connectivity index (χ1n) is 5.37. The summed E-state index contributed by atoms with van der Waals surface area (Å²) in [4.78, 5) is 21.5. The molecule has 102 valence electrons. The molecular formula is C10H16ClN3O3S. The van der Waals surface area contributed by atoms with Crippen LogP contribution in [0.2, 0.25) is 0 Å². The summed E-state index contributed by atoms with van der Waals surface area (Å²) in [5, 5.41) is 17.8. The lowest BCUT2D eigenvalue weighted by Gasteiger charge is -2.04. The highest BCUT2D eigenvalue weighted by atomic mass is 35.5. The molecule has 0 spiro atoms. The van der Waals surface area contributed by atoms with E-state index in [4.69, 9.17) is 0 Å². The summed E-state index contributed by atoms with van der Waals surface area (Å²) < 4.78 is 0. The minimum absolute atomic E-state index is 0. The van der Waals surface area contributed by atoms with Crippen LogP contribution >= 0.6 is 23.7 Å². The molecule has 0 fully saturated rings. The van der Waals surface area contributed by atoms with Gasteiger partial charge in [-0.05, 0) is 13.0 Å². The van der Waals surface area contributed by atoms with E-state index in [1.54, 1.807) is 0 Å². The lowest BCUT2D eigenvalue weighted by molar-refractivity contribution is -0.380. The molecule has 6 nitrogen and oxygen atoms in total. The van der Waals surface area contributed by atoms with Gasteiger partial charge in [0.15, 0.2) is 0 Å². The van der Waals surface area contributed by atoms with Crippen LogP contribution in [0.4, 0.5) is 5.00 Å². The van der Waals surface area contributed by atoms with Crippen LogP contribution in [0, 0.1) is 10.1 Å². The third-order valence-corrected chi connectivity index (χ3v) is 2.92. The van der Waals surface area contributed by atoms with Crippen molar-refractivity contribution in [2.24, 2.45) is 0 Å². The van der Waals surface area contributed by atoms with Crippen molar-refractivity contribution >= 4 is 34.7 Å². The molecule has 1 aromatic heterocycles. The maximum Gasteiger partial charge on any atom is 0.324 e. The molecule has 2 N–H and O–H groups in total. The van der Waals surface area contributed by atoms with E-state index in [1.165, 1.54) is 11.4 Å². The molecule has 0 unspecified atom stereocenters. The number of nitro groups is 1. The molecule has 1 amide bonds. The third-order valence-electron chi connectivity index (χ3n) is 2.04. The molecule has 8 heteroatoms. The summed E-state index contributed by atoms with van der Waals surface area (Å²) in [6.45, 7) is 4.20. The molecule has 0 aliphatic rings.